The fourth-order valence-electron chi connectivity index (χ4n) is 1.07. The van der Waals surface area contributed by atoms with E-state index in [0.29, 0.717) is 6.10 Å². The zero-order valence-corrected chi connectivity index (χ0v) is 6.69. The second kappa shape index (κ2) is 4.59. The molecule has 1 aliphatic rings. The summed E-state index contributed by atoms with van der Waals surface area (Å²) < 4.78 is 5.41. The molecule has 0 amide bonds. The first-order valence-electron chi connectivity index (χ1n) is 3.56. The third kappa shape index (κ3) is 2.59. The van der Waals surface area contributed by atoms with Crippen molar-refractivity contribution in [1.82, 2.24) is 0 Å². The van der Waals surface area contributed by atoms with E-state index in [0.717, 1.165) is 18.8 Å². The lowest BCUT2D eigenvalue weighted by Crippen LogP contribution is -2.20. The first-order valence-corrected chi connectivity index (χ1v) is 4.54. The number of ether oxygens (including phenoxy) is 1. The minimum absolute atomic E-state index is 0.346. The van der Waals surface area contributed by atoms with Gasteiger partial charge in [-0.25, -0.2) is 0 Å². The van der Waals surface area contributed by atoms with E-state index in [1.54, 1.807) is 0 Å². The molecule has 0 radical (unpaired) electrons. The SMILES string of the molecule is N#CSC[C@H]1CCCCO1. The van der Waals surface area contributed by atoms with Gasteiger partial charge in [0.05, 0.1) is 6.10 Å². The molecule has 10 heavy (non-hydrogen) atoms. The van der Waals surface area contributed by atoms with Gasteiger partial charge in [-0.05, 0) is 31.0 Å². The lowest BCUT2D eigenvalue weighted by molar-refractivity contribution is 0.0316. The van der Waals surface area contributed by atoms with Crippen LogP contribution in [0.25, 0.3) is 0 Å². The van der Waals surface area contributed by atoms with Crippen molar-refractivity contribution in [2.45, 2.75) is 25.4 Å². The number of nitriles is 1. The van der Waals surface area contributed by atoms with Gasteiger partial charge in [0.15, 0.2) is 0 Å². The van der Waals surface area contributed by atoms with Crippen molar-refractivity contribution in [3.8, 4) is 5.40 Å². The number of thiocyanates is 1. The minimum Gasteiger partial charge on any atom is -0.377 e. The number of hydrogen-bond donors (Lipinski definition) is 0. The molecule has 0 aromatic heterocycles. The zero-order chi connectivity index (χ0) is 7.23. The van der Waals surface area contributed by atoms with Crippen LogP contribution in [0.3, 0.4) is 0 Å². The Morgan fingerprint density at radius 2 is 2.50 bits per heavy atom. The van der Waals surface area contributed by atoms with Crippen molar-refractivity contribution in [1.29, 1.82) is 5.26 Å². The molecule has 0 aromatic carbocycles. The molecule has 1 saturated heterocycles. The van der Waals surface area contributed by atoms with E-state index in [1.165, 1.54) is 24.6 Å². The quantitative estimate of drug-likeness (QED) is 0.573. The van der Waals surface area contributed by atoms with Gasteiger partial charge in [-0.3, -0.25) is 0 Å². The van der Waals surface area contributed by atoms with E-state index in [9.17, 15) is 0 Å². The van der Waals surface area contributed by atoms with E-state index in [1.807, 2.05) is 0 Å². The first kappa shape index (κ1) is 7.90. The average molecular weight is 157 g/mol. The van der Waals surface area contributed by atoms with Crippen LogP contribution in [0.5, 0.6) is 0 Å². The third-order valence-electron chi connectivity index (χ3n) is 1.61. The summed E-state index contributed by atoms with van der Waals surface area (Å²) in [5.41, 5.74) is 0. The largest absolute Gasteiger partial charge is 0.377 e. The predicted molar refractivity (Wildman–Crippen MR) is 41.7 cm³/mol. The van der Waals surface area contributed by atoms with Crippen LogP contribution in [0, 0.1) is 10.7 Å². The molecule has 0 spiro atoms. The zero-order valence-electron chi connectivity index (χ0n) is 5.88. The highest BCUT2D eigenvalue weighted by molar-refractivity contribution is 8.03. The fraction of sp³-hybridized carbons (Fsp3) is 0.857. The van der Waals surface area contributed by atoms with Crippen LogP contribution in [-0.4, -0.2) is 18.5 Å². The lowest BCUT2D eigenvalue weighted by atomic mass is 10.1. The number of hydrogen-bond acceptors (Lipinski definition) is 3. The Hall–Kier alpha value is -0.200. The molecule has 0 aliphatic carbocycles. The van der Waals surface area contributed by atoms with Gasteiger partial charge < -0.3 is 4.74 Å². The van der Waals surface area contributed by atoms with E-state index in [-0.39, 0.29) is 0 Å². The van der Waals surface area contributed by atoms with Crippen LogP contribution >= 0.6 is 11.8 Å². The Balaban J connectivity index is 2.09. The highest BCUT2D eigenvalue weighted by Gasteiger charge is 2.12. The van der Waals surface area contributed by atoms with Crippen molar-refractivity contribution in [3.05, 3.63) is 0 Å². The molecule has 0 aromatic rings. The molecular weight excluding hydrogens is 146 g/mol. The van der Waals surface area contributed by atoms with Gasteiger partial charge in [-0.2, -0.15) is 5.26 Å². The van der Waals surface area contributed by atoms with Crippen molar-refractivity contribution < 1.29 is 4.74 Å². The van der Waals surface area contributed by atoms with Crippen LogP contribution < -0.4 is 0 Å². The Kier molecular flexibility index (Phi) is 3.63. The van der Waals surface area contributed by atoms with Crippen molar-refractivity contribution >= 4 is 11.8 Å². The summed E-state index contributed by atoms with van der Waals surface area (Å²) in [6.45, 7) is 0.886. The van der Waals surface area contributed by atoms with E-state index < -0.39 is 0 Å². The molecule has 3 heteroatoms. The lowest BCUT2D eigenvalue weighted by Gasteiger charge is -2.20. The second-order valence-corrected chi connectivity index (χ2v) is 3.20. The minimum atomic E-state index is 0.346. The summed E-state index contributed by atoms with van der Waals surface area (Å²) in [4.78, 5) is 0. The van der Waals surface area contributed by atoms with Crippen LogP contribution in [0.2, 0.25) is 0 Å². The molecule has 1 aliphatic heterocycles. The maximum atomic E-state index is 8.25. The Labute approximate surface area is 65.6 Å². The van der Waals surface area contributed by atoms with Crippen LogP contribution in [-0.2, 0) is 4.74 Å². The predicted octanol–water partition coefficient (Wildman–Crippen LogP) is 1.77. The molecule has 2 nitrogen and oxygen atoms in total. The Morgan fingerprint density at radius 3 is 3.10 bits per heavy atom. The highest BCUT2D eigenvalue weighted by atomic mass is 32.2. The molecule has 1 atom stereocenters. The summed E-state index contributed by atoms with van der Waals surface area (Å²) in [6, 6.07) is 0. The maximum absolute atomic E-state index is 8.25. The third-order valence-corrected chi connectivity index (χ3v) is 2.28. The molecule has 1 fully saturated rings. The average Bonchev–Trinajstić information content (AvgIpc) is 2.03. The fourth-order valence-corrected chi connectivity index (χ4v) is 1.59. The molecular formula is C7H11NOS. The van der Waals surface area contributed by atoms with Gasteiger partial charge in [0.25, 0.3) is 0 Å². The monoisotopic (exact) mass is 157 g/mol. The molecule has 0 unspecified atom stereocenters. The molecule has 0 saturated carbocycles. The summed E-state index contributed by atoms with van der Waals surface area (Å²) in [5, 5.41) is 10.3. The molecule has 1 rings (SSSR count). The van der Waals surface area contributed by atoms with Gasteiger partial charge in [0, 0.05) is 12.4 Å². The highest BCUT2D eigenvalue weighted by Crippen LogP contribution is 2.16. The van der Waals surface area contributed by atoms with Gasteiger partial charge in [0.2, 0.25) is 0 Å². The standard InChI is InChI=1S/C7H11NOS/c8-6-10-5-7-3-1-2-4-9-7/h7H,1-5H2/t7-/m1/s1. The van der Waals surface area contributed by atoms with Gasteiger partial charge >= 0.3 is 0 Å². The van der Waals surface area contributed by atoms with Crippen molar-refractivity contribution in [2.24, 2.45) is 0 Å². The molecule has 0 N–H and O–H groups in total. The van der Waals surface area contributed by atoms with Crippen LogP contribution in [0.15, 0.2) is 0 Å². The van der Waals surface area contributed by atoms with Crippen LogP contribution in [0.1, 0.15) is 19.3 Å². The topological polar surface area (TPSA) is 33.0 Å². The van der Waals surface area contributed by atoms with E-state index in [4.69, 9.17) is 10.00 Å². The Morgan fingerprint density at radius 1 is 1.60 bits per heavy atom. The van der Waals surface area contributed by atoms with Gasteiger partial charge in [-0.1, -0.05) is 0 Å². The number of thioether (sulfide) groups is 1. The normalized spacial score (nSPS) is 25.7. The van der Waals surface area contributed by atoms with Gasteiger partial charge in [-0.15, -0.1) is 0 Å². The van der Waals surface area contributed by atoms with Crippen LogP contribution in [0.4, 0.5) is 0 Å². The molecule has 0 bridgehead atoms. The maximum Gasteiger partial charge on any atom is 0.133 e. The summed E-state index contributed by atoms with van der Waals surface area (Å²) in [7, 11) is 0. The van der Waals surface area contributed by atoms with Crippen molar-refractivity contribution in [2.75, 3.05) is 12.4 Å². The molecule has 56 valence electrons. The second-order valence-electron chi connectivity index (χ2n) is 2.39. The number of nitrogens with zero attached hydrogens (tertiary/aromatic N) is 1. The summed E-state index contributed by atoms with van der Waals surface area (Å²) in [6.07, 6.45) is 3.93. The summed E-state index contributed by atoms with van der Waals surface area (Å²) in [5.74, 6) is 0.844. The Bertz CT molecular complexity index is 126. The first-order chi connectivity index (χ1) is 4.93. The van der Waals surface area contributed by atoms with Crippen molar-refractivity contribution in [3.63, 3.8) is 0 Å². The van der Waals surface area contributed by atoms with E-state index in [2.05, 4.69) is 5.40 Å². The molecule has 1 heterocycles. The summed E-state index contributed by atoms with van der Waals surface area (Å²) >= 11 is 1.30. The smallest absolute Gasteiger partial charge is 0.133 e. The van der Waals surface area contributed by atoms with Gasteiger partial charge in [0.1, 0.15) is 5.40 Å². The number of rotatable bonds is 2. The van der Waals surface area contributed by atoms with E-state index >= 15 is 0 Å².